The summed E-state index contributed by atoms with van der Waals surface area (Å²) in [6, 6.07) is 0.485. The fourth-order valence-corrected chi connectivity index (χ4v) is 1.52. The molecular formula is C9H13N4. The van der Waals surface area contributed by atoms with E-state index in [4.69, 9.17) is 0 Å². The Morgan fingerprint density at radius 1 is 1.62 bits per heavy atom. The second kappa shape index (κ2) is 4.18. The summed E-state index contributed by atoms with van der Waals surface area (Å²) in [6.45, 7) is 2.14. The van der Waals surface area contributed by atoms with E-state index in [1.165, 1.54) is 12.8 Å². The second-order valence-corrected chi connectivity index (χ2v) is 3.22. The predicted molar refractivity (Wildman–Crippen MR) is 50.4 cm³/mol. The van der Waals surface area contributed by atoms with Gasteiger partial charge in [0.25, 0.3) is 0 Å². The normalized spacial score (nSPS) is 22.6. The standard InChI is InChI=1S/C9H13N4/c1-2-8(6-10-3-1)13-9-7-11-4-5-12-9/h4,7-8,10H,1-3,6H2,(H,12,13). The summed E-state index contributed by atoms with van der Waals surface area (Å²) in [4.78, 5) is 8.00. The summed E-state index contributed by atoms with van der Waals surface area (Å²) in [7, 11) is 0. The molecule has 0 aliphatic carbocycles. The second-order valence-electron chi connectivity index (χ2n) is 3.22. The van der Waals surface area contributed by atoms with E-state index in [-0.39, 0.29) is 0 Å². The van der Waals surface area contributed by atoms with Crippen LogP contribution in [-0.2, 0) is 0 Å². The van der Waals surface area contributed by atoms with Gasteiger partial charge >= 0.3 is 0 Å². The molecule has 0 saturated carbocycles. The number of nitrogens with one attached hydrogen (secondary N) is 2. The molecule has 4 nitrogen and oxygen atoms in total. The highest BCUT2D eigenvalue weighted by atomic mass is 15.1. The number of hydrogen-bond acceptors (Lipinski definition) is 4. The molecule has 1 aromatic rings. The summed E-state index contributed by atoms with van der Waals surface area (Å²) >= 11 is 0. The Labute approximate surface area is 77.8 Å². The predicted octanol–water partition coefficient (Wildman–Crippen LogP) is 0.441. The molecule has 1 fully saturated rings. The van der Waals surface area contributed by atoms with E-state index in [9.17, 15) is 0 Å². The van der Waals surface area contributed by atoms with Gasteiger partial charge in [0.2, 0.25) is 0 Å². The molecule has 2 rings (SSSR count). The Kier molecular flexibility index (Phi) is 2.72. The molecule has 0 amide bonds. The lowest BCUT2D eigenvalue weighted by molar-refractivity contribution is 0.479. The maximum atomic E-state index is 4.05. The van der Waals surface area contributed by atoms with Gasteiger partial charge in [-0.3, -0.25) is 4.98 Å². The minimum atomic E-state index is 0.485. The van der Waals surface area contributed by atoms with Crippen molar-refractivity contribution in [1.29, 1.82) is 0 Å². The van der Waals surface area contributed by atoms with Crippen LogP contribution in [0.2, 0.25) is 0 Å². The molecule has 2 N–H and O–H groups in total. The number of anilines is 1. The van der Waals surface area contributed by atoms with E-state index in [0.717, 1.165) is 18.9 Å². The van der Waals surface area contributed by atoms with Gasteiger partial charge in [0.15, 0.2) is 0 Å². The average Bonchev–Trinajstić information content (AvgIpc) is 2.21. The van der Waals surface area contributed by atoms with Crippen molar-refractivity contribution in [3.63, 3.8) is 0 Å². The maximum Gasteiger partial charge on any atom is 0.145 e. The average molecular weight is 177 g/mol. The third kappa shape index (κ3) is 2.39. The summed E-state index contributed by atoms with van der Waals surface area (Å²) < 4.78 is 0. The van der Waals surface area contributed by atoms with Gasteiger partial charge in [-0.1, -0.05) is 0 Å². The highest BCUT2D eigenvalue weighted by molar-refractivity contribution is 5.31. The van der Waals surface area contributed by atoms with Crippen LogP contribution in [-0.4, -0.2) is 29.1 Å². The summed E-state index contributed by atoms with van der Waals surface area (Å²) in [5.41, 5.74) is 0. The third-order valence-corrected chi connectivity index (χ3v) is 2.16. The van der Waals surface area contributed by atoms with Crippen molar-refractivity contribution < 1.29 is 0 Å². The molecule has 2 heterocycles. The molecule has 4 heteroatoms. The van der Waals surface area contributed by atoms with E-state index in [0.29, 0.717) is 6.04 Å². The van der Waals surface area contributed by atoms with Crippen molar-refractivity contribution in [1.82, 2.24) is 15.3 Å². The largest absolute Gasteiger partial charge is 0.365 e. The number of aromatic nitrogens is 2. The highest BCUT2D eigenvalue weighted by Crippen LogP contribution is 2.07. The lowest BCUT2D eigenvalue weighted by Gasteiger charge is -2.23. The molecular weight excluding hydrogens is 164 g/mol. The number of rotatable bonds is 2. The van der Waals surface area contributed by atoms with Crippen molar-refractivity contribution in [3.05, 3.63) is 18.6 Å². The van der Waals surface area contributed by atoms with Crippen LogP contribution >= 0.6 is 0 Å². The van der Waals surface area contributed by atoms with Crippen LogP contribution in [0.3, 0.4) is 0 Å². The lowest BCUT2D eigenvalue weighted by Crippen LogP contribution is -2.38. The SMILES string of the molecule is [c]1cncc(NC2CCCNC2)n1. The first kappa shape index (κ1) is 8.44. The first-order valence-corrected chi connectivity index (χ1v) is 4.60. The summed E-state index contributed by atoms with van der Waals surface area (Å²) in [5, 5.41) is 6.65. The highest BCUT2D eigenvalue weighted by Gasteiger charge is 2.12. The fourth-order valence-electron chi connectivity index (χ4n) is 1.52. The molecule has 1 saturated heterocycles. The Bertz CT molecular complexity index is 243. The molecule has 1 radical (unpaired) electrons. The molecule has 1 atom stereocenters. The first-order valence-electron chi connectivity index (χ1n) is 4.60. The molecule has 0 aromatic carbocycles. The van der Waals surface area contributed by atoms with Crippen molar-refractivity contribution >= 4 is 5.82 Å². The van der Waals surface area contributed by atoms with Crippen molar-refractivity contribution in [2.75, 3.05) is 18.4 Å². The van der Waals surface area contributed by atoms with Crippen LogP contribution in [0.15, 0.2) is 12.4 Å². The van der Waals surface area contributed by atoms with Crippen LogP contribution in [0, 0.1) is 6.20 Å². The van der Waals surface area contributed by atoms with Gasteiger partial charge in [0.05, 0.1) is 12.4 Å². The van der Waals surface area contributed by atoms with Gasteiger partial charge in [-0.05, 0) is 19.4 Å². The molecule has 13 heavy (non-hydrogen) atoms. The Balaban J connectivity index is 1.90. The van der Waals surface area contributed by atoms with Gasteiger partial charge in [-0.15, -0.1) is 0 Å². The zero-order valence-electron chi connectivity index (χ0n) is 7.45. The molecule has 1 aromatic heterocycles. The Morgan fingerprint density at radius 3 is 3.31 bits per heavy atom. The minimum absolute atomic E-state index is 0.485. The first-order chi connectivity index (χ1) is 6.45. The number of nitrogens with zero attached hydrogens (tertiary/aromatic N) is 2. The number of hydrogen-bond donors (Lipinski definition) is 2. The molecule has 69 valence electrons. The van der Waals surface area contributed by atoms with E-state index < -0.39 is 0 Å². The summed E-state index contributed by atoms with van der Waals surface area (Å²) in [5.74, 6) is 0.816. The quantitative estimate of drug-likeness (QED) is 0.688. The fraction of sp³-hybridized carbons (Fsp3) is 0.556. The van der Waals surface area contributed by atoms with Gasteiger partial charge in [-0.25, -0.2) is 4.98 Å². The van der Waals surface area contributed by atoms with Crippen molar-refractivity contribution in [3.8, 4) is 0 Å². The molecule has 0 bridgehead atoms. The third-order valence-electron chi connectivity index (χ3n) is 2.16. The van der Waals surface area contributed by atoms with Crippen LogP contribution in [0.25, 0.3) is 0 Å². The minimum Gasteiger partial charge on any atom is -0.365 e. The molecule has 0 spiro atoms. The Morgan fingerprint density at radius 2 is 2.62 bits per heavy atom. The maximum absolute atomic E-state index is 4.05. The van der Waals surface area contributed by atoms with Gasteiger partial charge in [-0.2, -0.15) is 0 Å². The van der Waals surface area contributed by atoms with E-state index in [1.54, 1.807) is 12.4 Å². The van der Waals surface area contributed by atoms with Gasteiger partial charge in [0.1, 0.15) is 12.0 Å². The van der Waals surface area contributed by atoms with E-state index >= 15 is 0 Å². The molecule has 1 aliphatic heterocycles. The van der Waals surface area contributed by atoms with Crippen molar-refractivity contribution in [2.45, 2.75) is 18.9 Å². The molecule has 1 aliphatic rings. The smallest absolute Gasteiger partial charge is 0.145 e. The van der Waals surface area contributed by atoms with Crippen LogP contribution in [0.1, 0.15) is 12.8 Å². The van der Waals surface area contributed by atoms with Crippen LogP contribution < -0.4 is 10.6 Å². The summed E-state index contributed by atoms with van der Waals surface area (Å²) in [6.07, 6.45) is 8.42. The Hall–Kier alpha value is -1.16. The van der Waals surface area contributed by atoms with E-state index in [2.05, 4.69) is 26.8 Å². The van der Waals surface area contributed by atoms with Crippen LogP contribution in [0.4, 0.5) is 5.82 Å². The molecule has 1 unspecified atom stereocenters. The lowest BCUT2D eigenvalue weighted by atomic mass is 10.1. The van der Waals surface area contributed by atoms with Crippen LogP contribution in [0.5, 0.6) is 0 Å². The van der Waals surface area contributed by atoms with Gasteiger partial charge < -0.3 is 10.6 Å². The topological polar surface area (TPSA) is 49.8 Å². The zero-order chi connectivity index (χ0) is 8.93. The zero-order valence-corrected chi connectivity index (χ0v) is 7.45. The van der Waals surface area contributed by atoms with Crippen molar-refractivity contribution in [2.24, 2.45) is 0 Å². The van der Waals surface area contributed by atoms with E-state index in [1.807, 2.05) is 0 Å². The number of piperidine rings is 1. The monoisotopic (exact) mass is 177 g/mol. The van der Waals surface area contributed by atoms with Gasteiger partial charge in [0, 0.05) is 12.6 Å².